The van der Waals surface area contributed by atoms with E-state index in [9.17, 15) is 0 Å². The Labute approximate surface area is 96.7 Å². The van der Waals surface area contributed by atoms with Crippen LogP contribution in [-0.2, 0) is 0 Å². The van der Waals surface area contributed by atoms with E-state index in [4.69, 9.17) is 5.26 Å². The molecule has 0 aliphatic heterocycles. The van der Waals surface area contributed by atoms with Crippen molar-refractivity contribution in [3.63, 3.8) is 0 Å². The highest BCUT2D eigenvalue weighted by atomic mass is 15.2. The molecule has 1 aliphatic rings. The Bertz CT molecular complexity index is 390. The fraction of sp³-hybridized carbons (Fsp3) is 0.538. The van der Waals surface area contributed by atoms with Crippen molar-refractivity contribution in [1.82, 2.24) is 4.98 Å². The average Bonchev–Trinajstić information content (AvgIpc) is 3.14. The summed E-state index contributed by atoms with van der Waals surface area (Å²) >= 11 is 0. The summed E-state index contributed by atoms with van der Waals surface area (Å²) in [5.74, 6) is 0. The molecular formula is C13H17N3. The lowest BCUT2D eigenvalue weighted by molar-refractivity contribution is 0.712. The number of pyridine rings is 1. The van der Waals surface area contributed by atoms with Crippen LogP contribution in [0.15, 0.2) is 18.3 Å². The maximum atomic E-state index is 8.84. The van der Waals surface area contributed by atoms with Gasteiger partial charge in [0.25, 0.3) is 0 Å². The summed E-state index contributed by atoms with van der Waals surface area (Å²) in [5, 5.41) is 8.84. The summed E-state index contributed by atoms with van der Waals surface area (Å²) in [6.45, 7) is 3.30. The third-order valence-electron chi connectivity index (χ3n) is 2.93. The number of hydrogen-bond acceptors (Lipinski definition) is 3. The molecule has 16 heavy (non-hydrogen) atoms. The minimum Gasteiger partial charge on any atom is -0.368 e. The van der Waals surface area contributed by atoms with Crippen LogP contribution in [0.1, 0.15) is 38.3 Å². The van der Waals surface area contributed by atoms with Crippen LogP contribution in [0.3, 0.4) is 0 Å². The smallest absolute Gasteiger partial charge is 0.142 e. The van der Waals surface area contributed by atoms with Crippen LogP contribution in [-0.4, -0.2) is 17.6 Å². The van der Waals surface area contributed by atoms with Gasteiger partial charge in [0, 0.05) is 24.5 Å². The molecule has 1 fully saturated rings. The van der Waals surface area contributed by atoms with Gasteiger partial charge >= 0.3 is 0 Å². The molecule has 0 atom stereocenters. The third-order valence-corrected chi connectivity index (χ3v) is 2.93. The van der Waals surface area contributed by atoms with Crippen molar-refractivity contribution in [2.75, 3.05) is 11.4 Å². The molecule has 0 unspecified atom stereocenters. The van der Waals surface area contributed by atoms with Crippen LogP contribution in [0.4, 0.5) is 5.69 Å². The van der Waals surface area contributed by atoms with Gasteiger partial charge in [0.1, 0.15) is 11.8 Å². The number of aromatic nitrogens is 1. The molecule has 0 amide bonds. The van der Waals surface area contributed by atoms with Crippen molar-refractivity contribution in [3.8, 4) is 6.07 Å². The maximum absolute atomic E-state index is 8.84. The van der Waals surface area contributed by atoms with Gasteiger partial charge in [-0.25, -0.2) is 4.98 Å². The van der Waals surface area contributed by atoms with Gasteiger partial charge in [-0.15, -0.1) is 0 Å². The van der Waals surface area contributed by atoms with Crippen molar-refractivity contribution in [3.05, 3.63) is 24.0 Å². The lowest BCUT2D eigenvalue weighted by atomic mass is 10.2. The fourth-order valence-corrected chi connectivity index (χ4v) is 1.90. The van der Waals surface area contributed by atoms with Crippen LogP contribution in [0.5, 0.6) is 0 Å². The van der Waals surface area contributed by atoms with Gasteiger partial charge in [0.2, 0.25) is 0 Å². The van der Waals surface area contributed by atoms with Crippen LogP contribution < -0.4 is 4.90 Å². The van der Waals surface area contributed by atoms with E-state index in [0.29, 0.717) is 11.7 Å². The molecule has 2 rings (SSSR count). The molecule has 0 N–H and O–H groups in total. The first-order valence-electron chi connectivity index (χ1n) is 5.98. The molecule has 1 aromatic rings. The number of unbranched alkanes of at least 4 members (excludes halogenated alkanes) is 1. The van der Waals surface area contributed by atoms with Crippen molar-refractivity contribution in [2.24, 2.45) is 0 Å². The van der Waals surface area contributed by atoms with Crippen molar-refractivity contribution in [2.45, 2.75) is 38.6 Å². The largest absolute Gasteiger partial charge is 0.368 e. The Hall–Kier alpha value is -1.56. The minimum absolute atomic E-state index is 0.514. The zero-order chi connectivity index (χ0) is 11.4. The van der Waals surface area contributed by atoms with Crippen LogP contribution in [0.25, 0.3) is 0 Å². The summed E-state index contributed by atoms with van der Waals surface area (Å²) in [5.41, 5.74) is 1.67. The average molecular weight is 215 g/mol. The summed E-state index contributed by atoms with van der Waals surface area (Å²) in [7, 11) is 0. The summed E-state index contributed by atoms with van der Waals surface area (Å²) in [6.07, 6.45) is 6.72. The van der Waals surface area contributed by atoms with E-state index in [1.54, 1.807) is 6.20 Å². The first-order valence-corrected chi connectivity index (χ1v) is 5.98. The molecule has 84 valence electrons. The van der Waals surface area contributed by atoms with E-state index in [2.05, 4.69) is 22.9 Å². The standard InChI is InChI=1S/C13H17N3/c1-2-3-8-16(12-4-5-12)13-6-7-15-11(9-13)10-14/h6-7,9,12H,2-5,8H2,1H3. The highest BCUT2D eigenvalue weighted by molar-refractivity contribution is 5.50. The van der Waals surface area contributed by atoms with Gasteiger partial charge in [0.15, 0.2) is 0 Å². The van der Waals surface area contributed by atoms with E-state index < -0.39 is 0 Å². The van der Waals surface area contributed by atoms with Crippen molar-refractivity contribution >= 4 is 5.69 Å². The quantitative estimate of drug-likeness (QED) is 0.758. The first-order chi connectivity index (χ1) is 7.85. The Morgan fingerprint density at radius 3 is 3.00 bits per heavy atom. The maximum Gasteiger partial charge on any atom is 0.142 e. The molecule has 3 nitrogen and oxygen atoms in total. The monoisotopic (exact) mass is 215 g/mol. The first kappa shape index (κ1) is 10.9. The fourth-order valence-electron chi connectivity index (χ4n) is 1.90. The molecule has 0 bridgehead atoms. The molecule has 1 aliphatic carbocycles. The van der Waals surface area contributed by atoms with Crippen LogP contribution in [0, 0.1) is 11.3 Å². The number of nitrogens with zero attached hydrogens (tertiary/aromatic N) is 3. The highest BCUT2D eigenvalue weighted by Crippen LogP contribution is 2.31. The minimum atomic E-state index is 0.514. The number of anilines is 1. The molecule has 1 saturated carbocycles. The zero-order valence-corrected chi connectivity index (χ0v) is 9.69. The second-order valence-electron chi connectivity index (χ2n) is 4.29. The van der Waals surface area contributed by atoms with Gasteiger partial charge < -0.3 is 4.90 Å². The molecule has 0 spiro atoms. The van der Waals surface area contributed by atoms with E-state index in [1.165, 1.54) is 25.7 Å². The van der Waals surface area contributed by atoms with E-state index in [0.717, 1.165) is 12.2 Å². The molecule has 1 aromatic heterocycles. The Morgan fingerprint density at radius 1 is 1.56 bits per heavy atom. The predicted octanol–water partition coefficient (Wildman–Crippen LogP) is 2.72. The third kappa shape index (κ3) is 2.52. The van der Waals surface area contributed by atoms with E-state index in [1.807, 2.05) is 12.1 Å². The molecule has 0 saturated heterocycles. The summed E-state index contributed by atoms with van der Waals surface area (Å²) < 4.78 is 0. The van der Waals surface area contributed by atoms with E-state index in [-0.39, 0.29) is 0 Å². The molecule has 3 heteroatoms. The number of hydrogen-bond donors (Lipinski definition) is 0. The van der Waals surface area contributed by atoms with E-state index >= 15 is 0 Å². The normalized spacial score (nSPS) is 14.5. The Balaban J connectivity index is 2.14. The second kappa shape index (κ2) is 4.98. The van der Waals surface area contributed by atoms with Gasteiger partial charge in [-0.3, -0.25) is 0 Å². The van der Waals surface area contributed by atoms with Crippen molar-refractivity contribution in [1.29, 1.82) is 5.26 Å². The summed E-state index contributed by atoms with van der Waals surface area (Å²) in [4.78, 5) is 6.44. The lowest BCUT2D eigenvalue weighted by Gasteiger charge is -2.24. The molecule has 0 radical (unpaired) electrons. The molecule has 1 heterocycles. The zero-order valence-electron chi connectivity index (χ0n) is 9.69. The molecular weight excluding hydrogens is 198 g/mol. The van der Waals surface area contributed by atoms with Gasteiger partial charge in [-0.05, 0) is 31.4 Å². The Kier molecular flexibility index (Phi) is 3.40. The lowest BCUT2D eigenvalue weighted by Crippen LogP contribution is -2.26. The summed E-state index contributed by atoms with van der Waals surface area (Å²) in [6, 6.07) is 6.70. The van der Waals surface area contributed by atoms with Crippen molar-refractivity contribution < 1.29 is 0 Å². The number of rotatable bonds is 5. The second-order valence-corrected chi connectivity index (χ2v) is 4.29. The predicted molar refractivity (Wildman–Crippen MR) is 64.2 cm³/mol. The van der Waals surface area contributed by atoms with Gasteiger partial charge in [-0.1, -0.05) is 13.3 Å². The van der Waals surface area contributed by atoms with Gasteiger partial charge in [-0.2, -0.15) is 5.26 Å². The van der Waals surface area contributed by atoms with Gasteiger partial charge in [0.05, 0.1) is 0 Å². The topological polar surface area (TPSA) is 39.9 Å². The molecule has 0 aromatic carbocycles. The van der Waals surface area contributed by atoms with Crippen LogP contribution in [0.2, 0.25) is 0 Å². The Morgan fingerprint density at radius 2 is 2.38 bits per heavy atom. The van der Waals surface area contributed by atoms with Crippen LogP contribution >= 0.6 is 0 Å². The SMILES string of the molecule is CCCCN(c1ccnc(C#N)c1)C1CC1. The highest BCUT2D eigenvalue weighted by Gasteiger charge is 2.28. The number of nitriles is 1.